The van der Waals surface area contributed by atoms with Crippen LogP contribution in [0.25, 0.3) is 6.08 Å². The quantitative estimate of drug-likeness (QED) is 0.180. The third kappa shape index (κ3) is 6.47. The number of imide groups is 1. The fraction of sp³-hybridized carbons (Fsp3) is 0.185. The first-order chi connectivity index (χ1) is 18.0. The lowest BCUT2D eigenvalue weighted by Gasteiger charge is -2.13. The Hall–Kier alpha value is -4.31. The largest absolute Gasteiger partial charge is 0.492 e. The number of ether oxygens (including phenoxy) is 3. The van der Waals surface area contributed by atoms with Crippen molar-refractivity contribution in [3.63, 3.8) is 0 Å². The van der Waals surface area contributed by atoms with Gasteiger partial charge in [-0.2, -0.15) is 0 Å². The van der Waals surface area contributed by atoms with Crippen LogP contribution in [0.2, 0.25) is 0 Å². The average Bonchev–Trinajstić information content (AvgIpc) is 3.16. The van der Waals surface area contributed by atoms with E-state index in [4.69, 9.17) is 14.2 Å². The fourth-order valence-corrected chi connectivity index (χ4v) is 4.45. The van der Waals surface area contributed by atoms with Gasteiger partial charge in [-0.15, -0.1) is 0 Å². The van der Waals surface area contributed by atoms with Crippen LogP contribution in [-0.4, -0.2) is 40.7 Å². The highest BCUT2D eigenvalue weighted by atomic mass is 32.2. The minimum atomic E-state index is -0.452. The van der Waals surface area contributed by atoms with Crippen molar-refractivity contribution in [2.45, 2.75) is 13.5 Å². The fourth-order valence-electron chi connectivity index (χ4n) is 3.58. The molecule has 3 aromatic rings. The zero-order valence-corrected chi connectivity index (χ0v) is 20.8. The molecular weight excluding hydrogens is 496 g/mol. The Bertz CT molecular complexity index is 1330. The molecule has 10 heteroatoms. The highest BCUT2D eigenvalue weighted by Crippen LogP contribution is 2.35. The summed E-state index contributed by atoms with van der Waals surface area (Å²) in [7, 11) is 0. The van der Waals surface area contributed by atoms with Crippen LogP contribution in [0.15, 0.2) is 77.7 Å². The van der Waals surface area contributed by atoms with E-state index in [9.17, 15) is 19.7 Å². The maximum Gasteiger partial charge on any atom is 0.293 e. The lowest BCUT2D eigenvalue weighted by Crippen LogP contribution is -2.32. The van der Waals surface area contributed by atoms with E-state index in [1.807, 2.05) is 25.1 Å². The van der Waals surface area contributed by atoms with Crippen LogP contribution >= 0.6 is 11.8 Å². The monoisotopic (exact) mass is 520 g/mol. The van der Waals surface area contributed by atoms with Gasteiger partial charge >= 0.3 is 0 Å². The van der Waals surface area contributed by atoms with Gasteiger partial charge in [0.25, 0.3) is 16.8 Å². The molecular formula is C27H24N2O7S. The first kappa shape index (κ1) is 25.8. The molecule has 3 aromatic carbocycles. The van der Waals surface area contributed by atoms with Crippen molar-refractivity contribution in [2.75, 3.05) is 19.8 Å². The first-order valence-corrected chi connectivity index (χ1v) is 12.3. The standard InChI is InChI=1S/C27H24N2O7S/c1-2-34-24-16-19(12-13-23(24)36-18-20-8-6-7-11-22(20)29(32)33)17-25-26(30)28(27(31)37-25)14-15-35-21-9-4-3-5-10-21/h3-13,16-17H,2,14-15,18H2,1H3/b25-17-. The van der Waals surface area contributed by atoms with Gasteiger partial charge in [0.1, 0.15) is 19.0 Å². The second kappa shape index (κ2) is 12.1. The second-order valence-corrected chi connectivity index (χ2v) is 8.80. The summed E-state index contributed by atoms with van der Waals surface area (Å²) in [5, 5.41) is 10.9. The van der Waals surface area contributed by atoms with E-state index < -0.39 is 4.92 Å². The number of nitro benzene ring substituents is 1. The van der Waals surface area contributed by atoms with Gasteiger partial charge in [-0.1, -0.05) is 36.4 Å². The van der Waals surface area contributed by atoms with Gasteiger partial charge in [0, 0.05) is 6.07 Å². The zero-order valence-electron chi connectivity index (χ0n) is 20.0. The third-order valence-corrected chi connectivity index (χ3v) is 6.24. The van der Waals surface area contributed by atoms with E-state index in [1.165, 1.54) is 6.07 Å². The van der Waals surface area contributed by atoms with E-state index in [-0.39, 0.29) is 36.6 Å². The summed E-state index contributed by atoms with van der Waals surface area (Å²) in [6, 6.07) is 20.6. The number of benzene rings is 3. The molecule has 0 aliphatic carbocycles. The number of nitrogens with zero attached hydrogens (tertiary/aromatic N) is 2. The van der Waals surface area contributed by atoms with Crippen molar-refractivity contribution in [1.82, 2.24) is 4.90 Å². The predicted octanol–water partition coefficient (Wildman–Crippen LogP) is 5.69. The molecule has 190 valence electrons. The number of amides is 2. The number of carbonyl (C=O) groups is 2. The molecule has 9 nitrogen and oxygen atoms in total. The molecule has 2 amide bonds. The molecule has 0 radical (unpaired) electrons. The first-order valence-electron chi connectivity index (χ1n) is 11.5. The van der Waals surface area contributed by atoms with Crippen molar-refractivity contribution in [1.29, 1.82) is 0 Å². The molecule has 0 saturated carbocycles. The predicted molar refractivity (Wildman–Crippen MR) is 140 cm³/mol. The maximum absolute atomic E-state index is 12.8. The van der Waals surface area contributed by atoms with Crippen LogP contribution in [0.1, 0.15) is 18.1 Å². The summed E-state index contributed by atoms with van der Waals surface area (Å²) in [5.74, 6) is 1.10. The Balaban J connectivity index is 1.44. The molecule has 1 aliphatic rings. The topological polar surface area (TPSA) is 108 Å². The molecule has 1 heterocycles. The second-order valence-electron chi connectivity index (χ2n) is 7.81. The molecule has 37 heavy (non-hydrogen) atoms. The smallest absolute Gasteiger partial charge is 0.293 e. The Morgan fingerprint density at radius 2 is 1.70 bits per heavy atom. The van der Waals surface area contributed by atoms with Gasteiger partial charge in [0.15, 0.2) is 11.5 Å². The highest BCUT2D eigenvalue weighted by Gasteiger charge is 2.34. The van der Waals surface area contributed by atoms with Crippen LogP contribution in [0.4, 0.5) is 10.5 Å². The van der Waals surface area contributed by atoms with Gasteiger partial charge < -0.3 is 14.2 Å². The summed E-state index contributed by atoms with van der Waals surface area (Å²) >= 11 is 0.865. The molecule has 0 unspecified atom stereocenters. The number of thioether (sulfide) groups is 1. The SMILES string of the molecule is CCOc1cc(/C=C2\SC(=O)N(CCOc3ccccc3)C2=O)ccc1OCc1ccccc1[N+](=O)[O-]. The van der Waals surface area contributed by atoms with Gasteiger partial charge in [-0.3, -0.25) is 24.6 Å². The van der Waals surface area contributed by atoms with Gasteiger partial charge in [0.05, 0.1) is 28.5 Å². The number of carbonyl (C=O) groups excluding carboxylic acids is 2. The Kier molecular flexibility index (Phi) is 8.42. The number of nitro groups is 1. The molecule has 4 rings (SSSR count). The lowest BCUT2D eigenvalue weighted by molar-refractivity contribution is -0.385. The molecule has 1 aliphatic heterocycles. The van der Waals surface area contributed by atoms with Gasteiger partial charge in [-0.25, -0.2) is 0 Å². The van der Waals surface area contributed by atoms with Crippen LogP contribution in [0, 0.1) is 10.1 Å². The summed E-state index contributed by atoms with van der Waals surface area (Å²) < 4.78 is 17.1. The Morgan fingerprint density at radius 3 is 2.46 bits per heavy atom. The Morgan fingerprint density at radius 1 is 0.946 bits per heavy atom. The van der Waals surface area contributed by atoms with Gasteiger partial charge in [-0.05, 0) is 60.7 Å². The minimum absolute atomic E-state index is 0.0134. The van der Waals surface area contributed by atoms with E-state index in [0.29, 0.717) is 39.9 Å². The summed E-state index contributed by atoms with van der Waals surface area (Å²) in [5.41, 5.74) is 1.05. The van der Waals surface area contributed by atoms with Crippen molar-refractivity contribution in [3.8, 4) is 17.2 Å². The van der Waals surface area contributed by atoms with Crippen molar-refractivity contribution in [3.05, 3.63) is 98.9 Å². The summed E-state index contributed by atoms with van der Waals surface area (Å²) in [6.07, 6.45) is 1.62. The number of rotatable bonds is 11. The van der Waals surface area contributed by atoms with Crippen molar-refractivity contribution >= 4 is 34.7 Å². The third-order valence-electron chi connectivity index (χ3n) is 5.34. The normalized spacial score (nSPS) is 14.2. The van der Waals surface area contributed by atoms with E-state index in [1.54, 1.807) is 54.6 Å². The molecule has 0 aromatic heterocycles. The molecule has 0 N–H and O–H groups in total. The Labute approximate surface area is 217 Å². The minimum Gasteiger partial charge on any atom is -0.492 e. The van der Waals surface area contributed by atoms with Crippen LogP contribution in [-0.2, 0) is 11.4 Å². The summed E-state index contributed by atoms with van der Waals surface area (Å²) in [4.78, 5) is 37.5. The van der Waals surface area contributed by atoms with E-state index in [0.717, 1.165) is 16.7 Å². The maximum atomic E-state index is 12.8. The van der Waals surface area contributed by atoms with E-state index in [2.05, 4.69) is 0 Å². The molecule has 0 atom stereocenters. The van der Waals surface area contributed by atoms with Crippen molar-refractivity contribution in [2.24, 2.45) is 0 Å². The highest BCUT2D eigenvalue weighted by molar-refractivity contribution is 8.18. The molecule has 0 bridgehead atoms. The van der Waals surface area contributed by atoms with E-state index >= 15 is 0 Å². The summed E-state index contributed by atoms with van der Waals surface area (Å²) in [6.45, 7) is 2.50. The zero-order chi connectivity index (χ0) is 26.2. The number of hydrogen-bond acceptors (Lipinski definition) is 8. The average molecular weight is 521 g/mol. The molecule has 0 spiro atoms. The number of para-hydroxylation sites is 2. The lowest BCUT2D eigenvalue weighted by atomic mass is 10.1. The molecule has 1 fully saturated rings. The van der Waals surface area contributed by atoms with Crippen LogP contribution < -0.4 is 14.2 Å². The van der Waals surface area contributed by atoms with Crippen LogP contribution in [0.3, 0.4) is 0 Å². The van der Waals surface area contributed by atoms with Crippen LogP contribution in [0.5, 0.6) is 17.2 Å². The number of hydrogen-bond donors (Lipinski definition) is 0. The van der Waals surface area contributed by atoms with Gasteiger partial charge in [0.2, 0.25) is 0 Å². The van der Waals surface area contributed by atoms with Crippen molar-refractivity contribution < 1.29 is 28.7 Å². The molecule has 1 saturated heterocycles.